The lowest BCUT2D eigenvalue weighted by Gasteiger charge is -2.30. The monoisotopic (exact) mass is 322 g/mol. The molecule has 2 fully saturated rings. The number of aromatic nitrogens is 1. The average Bonchev–Trinajstić information content (AvgIpc) is 2.98. The van der Waals surface area contributed by atoms with E-state index in [1.54, 1.807) is 0 Å². The van der Waals surface area contributed by atoms with Gasteiger partial charge >= 0.3 is 0 Å². The summed E-state index contributed by atoms with van der Waals surface area (Å²) in [6.07, 6.45) is 11.4. The summed E-state index contributed by atoms with van der Waals surface area (Å²) in [7, 11) is 0. The second-order valence-electron chi connectivity index (χ2n) is 6.60. The Morgan fingerprint density at radius 3 is 2.73 bits per heavy atom. The fourth-order valence-electron chi connectivity index (χ4n) is 3.90. The summed E-state index contributed by atoms with van der Waals surface area (Å²) < 4.78 is 0. The number of hydrogen-bond acceptors (Lipinski definition) is 2. The lowest BCUT2D eigenvalue weighted by Crippen LogP contribution is -2.37. The highest BCUT2D eigenvalue weighted by Gasteiger charge is 2.31. The molecule has 1 aromatic rings. The molecule has 1 saturated heterocycles. The van der Waals surface area contributed by atoms with E-state index >= 15 is 0 Å². The molecule has 3 rings (SSSR count). The zero-order valence-corrected chi connectivity index (χ0v) is 13.6. The number of aromatic amines is 1. The first-order chi connectivity index (χ1) is 10.6. The van der Waals surface area contributed by atoms with E-state index < -0.39 is 0 Å². The summed E-state index contributed by atoms with van der Waals surface area (Å²) in [6.45, 7) is 0.812. The van der Waals surface area contributed by atoms with Crippen LogP contribution in [-0.2, 0) is 0 Å². The normalized spacial score (nSPS) is 23.0. The molecular weight excluding hydrogens is 300 g/mol. The molecule has 1 N–H and O–H groups in total. The molecule has 120 valence electrons. The minimum Gasteiger partial charge on any atom is -0.336 e. The Hall–Kier alpha value is -1.29. The quantitative estimate of drug-likeness (QED) is 0.924. The van der Waals surface area contributed by atoms with E-state index in [0.29, 0.717) is 11.6 Å². The van der Waals surface area contributed by atoms with Crippen LogP contribution in [0.4, 0.5) is 0 Å². The second kappa shape index (κ2) is 6.86. The van der Waals surface area contributed by atoms with Gasteiger partial charge in [0.2, 0.25) is 0 Å². The molecule has 1 amide bonds. The van der Waals surface area contributed by atoms with Gasteiger partial charge in [-0.25, -0.2) is 0 Å². The van der Waals surface area contributed by atoms with Gasteiger partial charge in [-0.15, -0.1) is 0 Å². The van der Waals surface area contributed by atoms with Crippen LogP contribution < -0.4 is 5.56 Å². The van der Waals surface area contributed by atoms with Gasteiger partial charge in [-0.05, 0) is 31.2 Å². The van der Waals surface area contributed by atoms with Crippen molar-refractivity contribution in [2.45, 2.75) is 57.4 Å². The van der Waals surface area contributed by atoms with Crippen molar-refractivity contribution in [3.05, 3.63) is 33.2 Å². The number of likely N-dealkylation sites (tertiary alicyclic amines) is 1. The number of amides is 1. The smallest absolute Gasteiger partial charge is 0.266 e. The SMILES string of the molecule is O=C(c1c[nH]c(=O)c(Cl)c1)N1CCC[C@@H]1CC1CCCCC1. The molecule has 0 unspecified atom stereocenters. The fourth-order valence-corrected chi connectivity index (χ4v) is 4.07. The molecule has 1 aliphatic carbocycles. The lowest BCUT2D eigenvalue weighted by atomic mass is 9.84. The van der Waals surface area contributed by atoms with E-state index in [0.717, 1.165) is 31.7 Å². The van der Waals surface area contributed by atoms with Crippen molar-refractivity contribution >= 4 is 17.5 Å². The average molecular weight is 323 g/mol. The number of nitrogens with zero attached hydrogens (tertiary/aromatic N) is 1. The van der Waals surface area contributed by atoms with Gasteiger partial charge in [0, 0.05) is 18.8 Å². The highest BCUT2D eigenvalue weighted by Crippen LogP contribution is 2.32. The van der Waals surface area contributed by atoms with E-state index in [-0.39, 0.29) is 16.5 Å². The Morgan fingerprint density at radius 1 is 1.23 bits per heavy atom. The minimum absolute atomic E-state index is 0.00328. The molecule has 5 heteroatoms. The van der Waals surface area contributed by atoms with E-state index in [2.05, 4.69) is 4.98 Å². The first-order valence-electron chi connectivity index (χ1n) is 8.34. The number of carbonyl (C=O) groups is 1. The van der Waals surface area contributed by atoms with Gasteiger partial charge in [-0.1, -0.05) is 43.7 Å². The predicted molar refractivity (Wildman–Crippen MR) is 87.3 cm³/mol. The number of hydrogen-bond donors (Lipinski definition) is 1. The zero-order chi connectivity index (χ0) is 15.5. The highest BCUT2D eigenvalue weighted by molar-refractivity contribution is 6.30. The van der Waals surface area contributed by atoms with Crippen LogP contribution in [-0.4, -0.2) is 28.4 Å². The van der Waals surface area contributed by atoms with Crippen LogP contribution in [0.2, 0.25) is 5.02 Å². The molecule has 4 nitrogen and oxygen atoms in total. The number of pyridine rings is 1. The molecule has 1 aromatic heterocycles. The number of rotatable bonds is 3. The maximum atomic E-state index is 12.7. The molecule has 2 aliphatic rings. The molecule has 1 aliphatic heterocycles. The molecule has 2 heterocycles. The van der Waals surface area contributed by atoms with Gasteiger partial charge in [-0.2, -0.15) is 0 Å². The summed E-state index contributed by atoms with van der Waals surface area (Å²) in [5.41, 5.74) is 0.138. The summed E-state index contributed by atoms with van der Waals surface area (Å²) in [6, 6.07) is 1.83. The van der Waals surface area contributed by atoms with Crippen LogP contribution >= 0.6 is 11.6 Å². The summed E-state index contributed by atoms with van der Waals surface area (Å²) in [5.74, 6) is 0.766. The van der Waals surface area contributed by atoms with Crippen LogP contribution in [0.3, 0.4) is 0 Å². The largest absolute Gasteiger partial charge is 0.336 e. The van der Waals surface area contributed by atoms with Gasteiger partial charge in [0.05, 0.1) is 5.56 Å². The van der Waals surface area contributed by atoms with E-state index in [1.165, 1.54) is 44.4 Å². The number of carbonyl (C=O) groups excluding carboxylic acids is 1. The summed E-state index contributed by atoms with van der Waals surface area (Å²) in [4.78, 5) is 28.6. The van der Waals surface area contributed by atoms with Crippen molar-refractivity contribution in [1.29, 1.82) is 0 Å². The van der Waals surface area contributed by atoms with Crippen molar-refractivity contribution in [2.75, 3.05) is 6.54 Å². The fraction of sp³-hybridized carbons (Fsp3) is 0.647. The van der Waals surface area contributed by atoms with Gasteiger partial charge in [0.1, 0.15) is 5.02 Å². The topological polar surface area (TPSA) is 53.2 Å². The third-order valence-corrected chi connectivity index (χ3v) is 5.35. The zero-order valence-electron chi connectivity index (χ0n) is 12.8. The van der Waals surface area contributed by atoms with E-state index in [4.69, 9.17) is 11.6 Å². The molecule has 0 radical (unpaired) electrons. The number of H-pyrrole nitrogens is 1. The Morgan fingerprint density at radius 2 is 2.00 bits per heavy atom. The molecule has 0 aromatic carbocycles. The van der Waals surface area contributed by atoms with Crippen LogP contribution in [0.15, 0.2) is 17.1 Å². The van der Waals surface area contributed by atoms with Crippen LogP contribution in [0.1, 0.15) is 61.7 Å². The molecule has 22 heavy (non-hydrogen) atoms. The Kier molecular flexibility index (Phi) is 4.87. The van der Waals surface area contributed by atoms with Crippen LogP contribution in [0.25, 0.3) is 0 Å². The lowest BCUT2D eigenvalue weighted by molar-refractivity contribution is 0.0711. The van der Waals surface area contributed by atoms with Crippen molar-refractivity contribution < 1.29 is 4.79 Å². The maximum absolute atomic E-state index is 12.7. The molecule has 0 bridgehead atoms. The van der Waals surface area contributed by atoms with E-state index in [1.807, 2.05) is 4.90 Å². The number of nitrogens with one attached hydrogen (secondary N) is 1. The second-order valence-corrected chi connectivity index (χ2v) is 7.01. The van der Waals surface area contributed by atoms with Crippen LogP contribution in [0, 0.1) is 5.92 Å². The van der Waals surface area contributed by atoms with Crippen molar-refractivity contribution in [3.63, 3.8) is 0 Å². The van der Waals surface area contributed by atoms with Crippen molar-refractivity contribution in [3.8, 4) is 0 Å². The summed E-state index contributed by atoms with van der Waals surface area (Å²) in [5, 5.41) is 0.0777. The Labute approximate surface area is 135 Å². The maximum Gasteiger partial charge on any atom is 0.266 e. The van der Waals surface area contributed by atoms with E-state index in [9.17, 15) is 9.59 Å². The molecule has 1 atom stereocenters. The highest BCUT2D eigenvalue weighted by atomic mass is 35.5. The van der Waals surface area contributed by atoms with Gasteiger partial charge in [0.15, 0.2) is 0 Å². The molecular formula is C17H23ClN2O2. The third kappa shape index (κ3) is 3.37. The Bertz CT molecular complexity index is 593. The first kappa shape index (κ1) is 15.6. The predicted octanol–water partition coefficient (Wildman–Crippen LogP) is 3.60. The molecule has 0 spiro atoms. The number of halogens is 1. The van der Waals surface area contributed by atoms with Crippen molar-refractivity contribution in [2.24, 2.45) is 5.92 Å². The summed E-state index contributed by atoms with van der Waals surface area (Å²) >= 11 is 5.84. The van der Waals surface area contributed by atoms with Gasteiger partial charge in [0.25, 0.3) is 11.5 Å². The standard InChI is InChI=1S/C17H23ClN2O2/c18-15-10-13(11-19-16(15)21)17(22)20-8-4-7-14(20)9-12-5-2-1-3-6-12/h10-12,14H,1-9H2,(H,19,21)/t14-/m1/s1. The first-order valence-corrected chi connectivity index (χ1v) is 8.72. The van der Waals surface area contributed by atoms with Gasteiger partial charge in [-0.3, -0.25) is 9.59 Å². The Balaban J connectivity index is 1.70. The van der Waals surface area contributed by atoms with Gasteiger partial charge < -0.3 is 9.88 Å². The molecule has 1 saturated carbocycles. The third-order valence-electron chi connectivity index (χ3n) is 5.07. The minimum atomic E-state index is -0.349. The van der Waals surface area contributed by atoms with Crippen LogP contribution in [0.5, 0.6) is 0 Å². The van der Waals surface area contributed by atoms with Crippen molar-refractivity contribution in [1.82, 2.24) is 9.88 Å².